The van der Waals surface area contributed by atoms with Crippen molar-refractivity contribution < 1.29 is 13.9 Å². The summed E-state index contributed by atoms with van der Waals surface area (Å²) in [6.07, 6.45) is 4.27. The third-order valence-electron chi connectivity index (χ3n) is 6.43. The number of ether oxygens (including phenoxy) is 1. The van der Waals surface area contributed by atoms with E-state index in [9.17, 15) is 9.18 Å². The lowest BCUT2D eigenvalue weighted by Gasteiger charge is -2.39. The van der Waals surface area contributed by atoms with E-state index in [-0.39, 0.29) is 17.1 Å². The minimum atomic E-state index is -0.335. The minimum Gasteiger partial charge on any atom is -0.497 e. The third-order valence-corrected chi connectivity index (χ3v) is 6.43. The zero-order chi connectivity index (χ0) is 21.3. The van der Waals surface area contributed by atoms with E-state index in [0.717, 1.165) is 43.9 Å². The van der Waals surface area contributed by atoms with Crippen molar-refractivity contribution in [3.63, 3.8) is 0 Å². The molecule has 2 aromatic rings. The van der Waals surface area contributed by atoms with E-state index in [2.05, 4.69) is 30.9 Å². The minimum absolute atomic E-state index is 0.0684. The van der Waals surface area contributed by atoms with Crippen molar-refractivity contribution in [3.8, 4) is 5.75 Å². The molecule has 1 fully saturated rings. The van der Waals surface area contributed by atoms with Gasteiger partial charge in [-0.25, -0.2) is 4.39 Å². The molecule has 0 N–H and O–H groups in total. The molecule has 4 nitrogen and oxygen atoms in total. The third kappa shape index (κ3) is 3.86. The average molecular weight is 409 g/mol. The highest BCUT2D eigenvalue weighted by molar-refractivity contribution is 6.07. The van der Waals surface area contributed by atoms with Gasteiger partial charge in [0.1, 0.15) is 11.6 Å². The molecule has 2 aliphatic rings. The number of nitrogens with zero attached hydrogens (tertiary/aromatic N) is 2. The second kappa shape index (κ2) is 8.23. The second-order valence-electron chi connectivity index (χ2n) is 8.64. The molecule has 158 valence electrons. The van der Waals surface area contributed by atoms with Crippen LogP contribution in [-0.2, 0) is 5.41 Å². The lowest BCUT2D eigenvalue weighted by molar-refractivity contribution is 0.0977. The van der Waals surface area contributed by atoms with Crippen LogP contribution in [0.3, 0.4) is 0 Å². The van der Waals surface area contributed by atoms with Crippen LogP contribution in [0.4, 0.5) is 10.1 Å². The number of carbonyl (C=O) groups is 1. The summed E-state index contributed by atoms with van der Waals surface area (Å²) in [5.74, 6) is 0.403. The van der Waals surface area contributed by atoms with Crippen LogP contribution in [0.5, 0.6) is 5.75 Å². The summed E-state index contributed by atoms with van der Waals surface area (Å²) in [4.78, 5) is 17.6. The Hall–Kier alpha value is -2.66. The van der Waals surface area contributed by atoms with Gasteiger partial charge in [-0.15, -0.1) is 0 Å². The van der Waals surface area contributed by atoms with E-state index in [1.54, 1.807) is 19.2 Å². The SMILES string of the molecule is COc1ccc2c(c1)C1(CCN(CC=C(C)C)CC1)CN2C(=O)c1ccc(F)cc1. The summed E-state index contributed by atoms with van der Waals surface area (Å²) >= 11 is 0. The van der Waals surface area contributed by atoms with E-state index in [1.807, 2.05) is 17.0 Å². The van der Waals surface area contributed by atoms with Crippen molar-refractivity contribution in [3.05, 3.63) is 71.1 Å². The summed E-state index contributed by atoms with van der Waals surface area (Å²) in [6, 6.07) is 11.8. The molecule has 30 heavy (non-hydrogen) atoms. The number of hydrogen-bond donors (Lipinski definition) is 0. The standard InChI is InChI=1S/C25H29FN2O2/c1-18(2)10-13-27-14-11-25(12-15-27)17-28(23-9-8-21(30-3)16-22(23)25)24(29)19-4-6-20(26)7-5-19/h4-10,16H,11-15,17H2,1-3H3. The fourth-order valence-corrected chi connectivity index (χ4v) is 4.61. The van der Waals surface area contributed by atoms with Crippen molar-refractivity contribution in [2.75, 3.05) is 38.2 Å². The molecule has 2 heterocycles. The zero-order valence-corrected chi connectivity index (χ0v) is 18.0. The highest BCUT2D eigenvalue weighted by Crippen LogP contribution is 2.48. The Bertz CT molecular complexity index is 956. The smallest absolute Gasteiger partial charge is 0.258 e. The van der Waals surface area contributed by atoms with Crippen LogP contribution in [0.2, 0.25) is 0 Å². The molecule has 0 unspecified atom stereocenters. The number of anilines is 1. The molecule has 0 radical (unpaired) electrons. The fourth-order valence-electron chi connectivity index (χ4n) is 4.61. The predicted molar refractivity (Wildman–Crippen MR) is 118 cm³/mol. The van der Waals surface area contributed by atoms with Crippen molar-refractivity contribution in [1.29, 1.82) is 0 Å². The molecule has 4 rings (SSSR count). The molecule has 1 spiro atoms. The second-order valence-corrected chi connectivity index (χ2v) is 8.64. The van der Waals surface area contributed by atoms with E-state index in [1.165, 1.54) is 23.3 Å². The zero-order valence-electron chi connectivity index (χ0n) is 18.0. The molecule has 0 atom stereocenters. The van der Waals surface area contributed by atoms with Crippen molar-refractivity contribution in [1.82, 2.24) is 4.90 Å². The quantitative estimate of drug-likeness (QED) is 0.682. The van der Waals surface area contributed by atoms with Gasteiger partial charge in [0, 0.05) is 29.8 Å². The van der Waals surface area contributed by atoms with Crippen LogP contribution in [0.1, 0.15) is 42.6 Å². The lowest BCUT2D eigenvalue weighted by atomic mass is 9.74. The molecule has 1 amide bonds. The fraction of sp³-hybridized carbons (Fsp3) is 0.400. The topological polar surface area (TPSA) is 32.8 Å². The van der Waals surface area contributed by atoms with Crippen LogP contribution < -0.4 is 9.64 Å². The van der Waals surface area contributed by atoms with Gasteiger partial charge in [-0.1, -0.05) is 11.6 Å². The first-order chi connectivity index (χ1) is 14.4. The molecule has 0 aromatic heterocycles. The summed E-state index contributed by atoms with van der Waals surface area (Å²) < 4.78 is 18.8. The van der Waals surface area contributed by atoms with Crippen LogP contribution in [-0.4, -0.2) is 44.1 Å². The molecule has 0 aliphatic carbocycles. The maximum Gasteiger partial charge on any atom is 0.258 e. The first kappa shape index (κ1) is 20.6. The van der Waals surface area contributed by atoms with Gasteiger partial charge in [-0.2, -0.15) is 0 Å². The first-order valence-electron chi connectivity index (χ1n) is 10.5. The van der Waals surface area contributed by atoms with Gasteiger partial charge in [0.25, 0.3) is 5.91 Å². The maximum atomic E-state index is 13.3. The number of fused-ring (bicyclic) bond motifs is 2. The van der Waals surface area contributed by atoms with Gasteiger partial charge in [-0.05, 0) is 87.8 Å². The first-order valence-corrected chi connectivity index (χ1v) is 10.5. The molecule has 5 heteroatoms. The number of piperidine rings is 1. The Labute approximate surface area is 177 Å². The molecule has 1 saturated heterocycles. The van der Waals surface area contributed by atoms with Crippen LogP contribution in [0, 0.1) is 5.82 Å². The van der Waals surface area contributed by atoms with E-state index in [0.29, 0.717) is 12.1 Å². The number of likely N-dealkylation sites (tertiary alicyclic amines) is 1. The number of methoxy groups -OCH3 is 1. The Morgan fingerprint density at radius 2 is 1.83 bits per heavy atom. The van der Waals surface area contributed by atoms with Crippen molar-refractivity contribution in [2.24, 2.45) is 0 Å². The Balaban J connectivity index is 1.63. The number of carbonyl (C=O) groups excluding carboxylic acids is 1. The summed E-state index contributed by atoms with van der Waals surface area (Å²) in [5, 5.41) is 0. The maximum absolute atomic E-state index is 13.3. The normalized spacial score (nSPS) is 17.7. The Morgan fingerprint density at radius 3 is 2.47 bits per heavy atom. The number of rotatable bonds is 4. The molecule has 2 aromatic carbocycles. The molecular formula is C25H29FN2O2. The van der Waals surface area contributed by atoms with Gasteiger partial charge in [0.2, 0.25) is 0 Å². The predicted octanol–water partition coefficient (Wildman–Crippen LogP) is 4.79. The molecular weight excluding hydrogens is 379 g/mol. The summed E-state index contributed by atoms with van der Waals surface area (Å²) in [5.41, 5.74) is 3.92. The Kier molecular flexibility index (Phi) is 5.65. The summed E-state index contributed by atoms with van der Waals surface area (Å²) in [7, 11) is 1.67. The molecule has 2 aliphatic heterocycles. The van der Waals surface area contributed by atoms with Gasteiger partial charge >= 0.3 is 0 Å². The van der Waals surface area contributed by atoms with Crippen molar-refractivity contribution >= 4 is 11.6 Å². The van der Waals surface area contributed by atoms with Crippen LogP contribution in [0.25, 0.3) is 0 Å². The number of amides is 1. The number of allylic oxidation sites excluding steroid dienone is 1. The Morgan fingerprint density at radius 1 is 1.13 bits per heavy atom. The number of hydrogen-bond acceptors (Lipinski definition) is 3. The monoisotopic (exact) mass is 408 g/mol. The van der Waals surface area contributed by atoms with Gasteiger partial charge in [0.15, 0.2) is 0 Å². The van der Waals surface area contributed by atoms with Crippen LogP contribution in [0.15, 0.2) is 54.1 Å². The highest BCUT2D eigenvalue weighted by atomic mass is 19.1. The highest BCUT2D eigenvalue weighted by Gasteiger charge is 2.46. The number of halogens is 1. The number of benzene rings is 2. The average Bonchev–Trinajstić information content (AvgIpc) is 3.06. The van der Waals surface area contributed by atoms with E-state index >= 15 is 0 Å². The van der Waals surface area contributed by atoms with Crippen LogP contribution >= 0.6 is 0 Å². The van der Waals surface area contributed by atoms with Gasteiger partial charge in [-0.3, -0.25) is 9.69 Å². The largest absolute Gasteiger partial charge is 0.497 e. The lowest BCUT2D eigenvalue weighted by Crippen LogP contribution is -2.46. The summed E-state index contributed by atoms with van der Waals surface area (Å²) in [6.45, 7) is 7.88. The van der Waals surface area contributed by atoms with Gasteiger partial charge < -0.3 is 9.64 Å². The molecule has 0 saturated carbocycles. The van der Waals surface area contributed by atoms with Gasteiger partial charge in [0.05, 0.1) is 7.11 Å². The van der Waals surface area contributed by atoms with E-state index < -0.39 is 0 Å². The van der Waals surface area contributed by atoms with Crippen molar-refractivity contribution in [2.45, 2.75) is 32.1 Å². The molecule has 0 bridgehead atoms. The van der Waals surface area contributed by atoms with E-state index in [4.69, 9.17) is 4.74 Å².